The van der Waals surface area contributed by atoms with Crippen LogP contribution in [0.3, 0.4) is 0 Å². The van der Waals surface area contributed by atoms with Gasteiger partial charge in [-0.2, -0.15) is 4.31 Å². The van der Waals surface area contributed by atoms with Gasteiger partial charge in [0.2, 0.25) is 10.0 Å². The van der Waals surface area contributed by atoms with Gasteiger partial charge in [0.15, 0.2) is 6.61 Å². The number of aryl methyl sites for hydroxylation is 1. The van der Waals surface area contributed by atoms with E-state index in [-0.39, 0.29) is 30.4 Å². The molecule has 1 fully saturated rings. The molecule has 1 N–H and O–H groups in total. The Balaban J connectivity index is 1.35. The van der Waals surface area contributed by atoms with Crippen molar-refractivity contribution in [3.05, 3.63) is 65.7 Å². The zero-order valence-electron chi connectivity index (χ0n) is 19.2. The van der Waals surface area contributed by atoms with E-state index in [1.54, 1.807) is 37.3 Å². The SMILES string of the molecule is C=C1c2ccccc2C(=O)N1CC(=O)OCC(=O)Nc1cc(S(=O)(=O)N2CCOCC2)ccc1C. The second-order valence-electron chi connectivity index (χ2n) is 8.09. The maximum absolute atomic E-state index is 12.9. The van der Waals surface area contributed by atoms with Gasteiger partial charge in [-0.1, -0.05) is 30.8 Å². The number of esters is 1. The molecule has 1 saturated heterocycles. The van der Waals surface area contributed by atoms with Gasteiger partial charge in [0.05, 0.1) is 18.1 Å². The molecule has 2 amide bonds. The van der Waals surface area contributed by atoms with Crippen molar-refractivity contribution in [2.45, 2.75) is 11.8 Å². The van der Waals surface area contributed by atoms with E-state index in [9.17, 15) is 22.8 Å². The Morgan fingerprint density at radius 3 is 2.49 bits per heavy atom. The number of sulfonamides is 1. The van der Waals surface area contributed by atoms with E-state index in [2.05, 4.69) is 11.9 Å². The predicted octanol–water partition coefficient (Wildman–Crippen LogP) is 1.62. The second-order valence-corrected chi connectivity index (χ2v) is 10.0. The zero-order chi connectivity index (χ0) is 25.2. The van der Waals surface area contributed by atoms with Crippen LogP contribution < -0.4 is 5.32 Å². The largest absolute Gasteiger partial charge is 0.454 e. The first-order chi connectivity index (χ1) is 16.7. The standard InChI is InChI=1S/C24H25N3O7S/c1-16-7-8-18(35(31,32)26-9-11-33-12-10-26)13-21(16)25-22(28)15-34-23(29)14-27-17(2)19-5-3-4-6-20(19)24(27)30/h3-8,13H,2,9-12,14-15H2,1H3,(H,25,28). The smallest absolute Gasteiger partial charge is 0.326 e. The number of morpholine rings is 1. The zero-order valence-corrected chi connectivity index (χ0v) is 20.0. The van der Waals surface area contributed by atoms with Crippen LogP contribution in [0.2, 0.25) is 0 Å². The lowest BCUT2D eigenvalue weighted by Crippen LogP contribution is -2.40. The molecule has 0 spiro atoms. The normalized spacial score (nSPS) is 16.2. The minimum Gasteiger partial charge on any atom is -0.454 e. The minimum atomic E-state index is -3.74. The van der Waals surface area contributed by atoms with E-state index in [0.717, 1.165) is 0 Å². The average Bonchev–Trinajstić information content (AvgIpc) is 3.09. The van der Waals surface area contributed by atoms with Crippen molar-refractivity contribution in [2.75, 3.05) is 44.8 Å². The quantitative estimate of drug-likeness (QED) is 0.575. The number of nitrogens with zero attached hydrogens (tertiary/aromatic N) is 2. The molecule has 0 bridgehead atoms. The Labute approximate surface area is 203 Å². The Bertz CT molecular complexity index is 1260. The van der Waals surface area contributed by atoms with Crippen molar-refractivity contribution < 1.29 is 32.3 Å². The molecule has 184 valence electrons. The van der Waals surface area contributed by atoms with Gasteiger partial charge in [0, 0.05) is 35.6 Å². The number of hydrogen-bond acceptors (Lipinski definition) is 7. The van der Waals surface area contributed by atoms with Gasteiger partial charge in [-0.3, -0.25) is 19.3 Å². The van der Waals surface area contributed by atoms with E-state index < -0.39 is 28.5 Å². The first-order valence-corrected chi connectivity index (χ1v) is 12.4. The van der Waals surface area contributed by atoms with Crippen LogP contribution in [0.25, 0.3) is 5.70 Å². The fourth-order valence-corrected chi connectivity index (χ4v) is 5.28. The van der Waals surface area contributed by atoms with Crippen LogP contribution >= 0.6 is 0 Å². The maximum atomic E-state index is 12.9. The summed E-state index contributed by atoms with van der Waals surface area (Å²) in [6.07, 6.45) is 0. The van der Waals surface area contributed by atoms with Crippen molar-refractivity contribution in [1.29, 1.82) is 0 Å². The summed E-state index contributed by atoms with van der Waals surface area (Å²) < 4.78 is 37.4. The highest BCUT2D eigenvalue weighted by molar-refractivity contribution is 7.89. The predicted molar refractivity (Wildman–Crippen MR) is 127 cm³/mol. The van der Waals surface area contributed by atoms with Crippen LogP contribution in [0.5, 0.6) is 0 Å². The van der Waals surface area contributed by atoms with E-state index >= 15 is 0 Å². The molecule has 11 heteroatoms. The third-order valence-electron chi connectivity index (χ3n) is 5.78. The molecular formula is C24H25N3O7S. The van der Waals surface area contributed by atoms with Gasteiger partial charge in [-0.05, 0) is 30.7 Å². The number of hydrogen-bond donors (Lipinski definition) is 1. The number of rotatable bonds is 7. The third-order valence-corrected chi connectivity index (χ3v) is 7.68. The summed E-state index contributed by atoms with van der Waals surface area (Å²) >= 11 is 0. The molecule has 0 aliphatic carbocycles. The molecular weight excluding hydrogens is 474 g/mol. The molecule has 10 nitrogen and oxygen atoms in total. The fraction of sp³-hybridized carbons (Fsp3) is 0.292. The number of benzene rings is 2. The summed E-state index contributed by atoms with van der Waals surface area (Å²) in [5.74, 6) is -1.78. The number of anilines is 1. The summed E-state index contributed by atoms with van der Waals surface area (Å²) in [6.45, 7) is 5.75. The van der Waals surface area contributed by atoms with Crippen molar-refractivity contribution >= 4 is 39.2 Å². The number of amides is 2. The lowest BCUT2D eigenvalue weighted by Gasteiger charge is -2.26. The van der Waals surface area contributed by atoms with Crippen LogP contribution in [0.15, 0.2) is 53.9 Å². The van der Waals surface area contributed by atoms with Crippen LogP contribution in [0.1, 0.15) is 21.5 Å². The van der Waals surface area contributed by atoms with Crippen molar-refractivity contribution in [1.82, 2.24) is 9.21 Å². The van der Waals surface area contributed by atoms with Gasteiger partial charge in [-0.25, -0.2) is 8.42 Å². The van der Waals surface area contributed by atoms with Gasteiger partial charge < -0.3 is 14.8 Å². The van der Waals surface area contributed by atoms with Crippen molar-refractivity contribution in [2.24, 2.45) is 0 Å². The van der Waals surface area contributed by atoms with E-state index in [0.29, 0.717) is 41.3 Å². The van der Waals surface area contributed by atoms with Crippen molar-refractivity contribution in [3.63, 3.8) is 0 Å². The third kappa shape index (κ3) is 5.11. The molecule has 2 aromatic carbocycles. The summed E-state index contributed by atoms with van der Waals surface area (Å²) in [7, 11) is -3.74. The summed E-state index contributed by atoms with van der Waals surface area (Å²) in [4.78, 5) is 38.5. The fourth-order valence-electron chi connectivity index (χ4n) is 3.84. The molecule has 0 saturated carbocycles. The Morgan fingerprint density at radius 1 is 1.11 bits per heavy atom. The Morgan fingerprint density at radius 2 is 1.80 bits per heavy atom. The number of nitrogens with one attached hydrogen (secondary N) is 1. The van der Waals surface area contributed by atoms with E-state index in [1.807, 2.05) is 0 Å². The Hall–Kier alpha value is -3.54. The average molecular weight is 500 g/mol. The monoisotopic (exact) mass is 499 g/mol. The van der Waals surface area contributed by atoms with Gasteiger partial charge in [0.25, 0.3) is 11.8 Å². The molecule has 2 aliphatic rings. The molecule has 0 aromatic heterocycles. The summed E-state index contributed by atoms with van der Waals surface area (Å²) in [5, 5.41) is 2.58. The van der Waals surface area contributed by atoms with Crippen LogP contribution in [-0.2, 0) is 29.1 Å². The molecule has 35 heavy (non-hydrogen) atoms. The molecule has 0 radical (unpaired) electrons. The number of ether oxygens (including phenoxy) is 2. The minimum absolute atomic E-state index is 0.0444. The summed E-state index contributed by atoms with van der Waals surface area (Å²) in [6, 6.07) is 11.3. The second kappa shape index (κ2) is 9.98. The highest BCUT2D eigenvalue weighted by Gasteiger charge is 2.32. The molecule has 4 rings (SSSR count). The molecule has 2 aliphatic heterocycles. The van der Waals surface area contributed by atoms with E-state index in [1.165, 1.54) is 21.3 Å². The molecule has 2 heterocycles. The lowest BCUT2D eigenvalue weighted by atomic mass is 10.1. The van der Waals surface area contributed by atoms with Crippen LogP contribution in [0, 0.1) is 6.92 Å². The first kappa shape index (κ1) is 24.6. The summed E-state index contributed by atoms with van der Waals surface area (Å²) in [5.41, 5.74) is 2.41. The van der Waals surface area contributed by atoms with Crippen LogP contribution in [-0.4, -0.2) is 74.9 Å². The maximum Gasteiger partial charge on any atom is 0.326 e. The topological polar surface area (TPSA) is 122 Å². The van der Waals surface area contributed by atoms with Gasteiger partial charge >= 0.3 is 5.97 Å². The number of carbonyl (C=O) groups is 3. The van der Waals surface area contributed by atoms with Gasteiger partial charge in [-0.15, -0.1) is 0 Å². The number of fused-ring (bicyclic) bond motifs is 1. The highest BCUT2D eigenvalue weighted by atomic mass is 32.2. The Kier molecular flexibility index (Phi) is 7.01. The van der Waals surface area contributed by atoms with Gasteiger partial charge in [0.1, 0.15) is 6.54 Å². The number of carbonyl (C=O) groups excluding carboxylic acids is 3. The van der Waals surface area contributed by atoms with Crippen LogP contribution in [0.4, 0.5) is 5.69 Å². The van der Waals surface area contributed by atoms with E-state index in [4.69, 9.17) is 9.47 Å². The molecule has 0 atom stereocenters. The molecule has 0 unspecified atom stereocenters. The molecule has 2 aromatic rings. The first-order valence-electron chi connectivity index (χ1n) is 10.9. The highest BCUT2D eigenvalue weighted by Crippen LogP contribution is 2.30. The van der Waals surface area contributed by atoms with Crippen molar-refractivity contribution in [3.8, 4) is 0 Å². The lowest BCUT2D eigenvalue weighted by molar-refractivity contribution is -0.147.